The zero-order valence-corrected chi connectivity index (χ0v) is 16.5. The number of hydrogen-bond acceptors (Lipinski definition) is 4. The van der Waals surface area contributed by atoms with Crippen LogP contribution in [0.1, 0.15) is 29.8 Å². The number of rotatable bonds is 3. The van der Waals surface area contributed by atoms with Crippen LogP contribution in [-0.4, -0.2) is 67.7 Å². The van der Waals surface area contributed by atoms with Crippen LogP contribution in [0, 0.1) is 5.92 Å². The van der Waals surface area contributed by atoms with E-state index in [0.29, 0.717) is 6.54 Å². The highest BCUT2D eigenvalue weighted by Crippen LogP contribution is 2.30. The first-order valence-corrected chi connectivity index (χ1v) is 10.7. The van der Waals surface area contributed by atoms with Gasteiger partial charge in [0.1, 0.15) is 0 Å². The third-order valence-electron chi connectivity index (χ3n) is 4.93. The third-order valence-corrected chi connectivity index (χ3v) is 6.75. The molecule has 0 N–H and O–H groups in total. The van der Waals surface area contributed by atoms with E-state index < -0.39 is 39.8 Å². The number of carbonyl (C=O) groups is 1. The van der Waals surface area contributed by atoms with Crippen LogP contribution in [0.5, 0.6) is 0 Å². The molecule has 2 atom stereocenters. The number of fused-ring (bicyclic) bond motifs is 1. The lowest BCUT2D eigenvalue weighted by Crippen LogP contribution is -2.47. The SMILES string of the molecule is CC(C)CN1[C@@H]2CN(C(=O)c3ccc(C(F)(F)F)cc3)C[C@@H]2OCCS1(=O)=O. The summed E-state index contributed by atoms with van der Waals surface area (Å²) in [7, 11) is -3.50. The lowest BCUT2D eigenvalue weighted by molar-refractivity contribution is -0.137. The van der Waals surface area contributed by atoms with Gasteiger partial charge in [-0.2, -0.15) is 17.5 Å². The quantitative estimate of drug-likeness (QED) is 0.752. The van der Waals surface area contributed by atoms with Crippen LogP contribution in [0.2, 0.25) is 0 Å². The maximum Gasteiger partial charge on any atom is 0.416 e. The molecular formula is C18H23F3N2O4S. The Balaban J connectivity index is 1.80. The number of carbonyl (C=O) groups excluding carboxylic acids is 1. The standard InChI is InChI=1S/C18H23F3N2O4S/c1-12(2)9-23-15-10-22(11-16(15)27-7-8-28(23,25)26)17(24)13-3-5-14(6-4-13)18(19,20)21/h3-6,12,15-16H,7-11H2,1-2H3/t15-,16+/m1/s1. The van der Waals surface area contributed by atoms with Crippen molar-refractivity contribution in [3.8, 4) is 0 Å². The van der Waals surface area contributed by atoms with Crippen molar-refractivity contribution in [3.05, 3.63) is 35.4 Å². The van der Waals surface area contributed by atoms with E-state index in [1.807, 2.05) is 13.8 Å². The molecule has 0 aromatic heterocycles. The Kier molecular flexibility index (Phi) is 5.75. The van der Waals surface area contributed by atoms with Crippen molar-refractivity contribution >= 4 is 15.9 Å². The third kappa shape index (κ3) is 4.33. The second kappa shape index (κ2) is 7.64. The molecule has 1 aromatic rings. The molecule has 0 saturated carbocycles. The predicted octanol–water partition coefficient (Wildman–Crippen LogP) is 2.22. The van der Waals surface area contributed by atoms with Crippen LogP contribution in [0.4, 0.5) is 13.2 Å². The van der Waals surface area contributed by atoms with Gasteiger partial charge in [-0.15, -0.1) is 0 Å². The number of benzene rings is 1. The summed E-state index contributed by atoms with van der Waals surface area (Å²) >= 11 is 0. The monoisotopic (exact) mass is 420 g/mol. The van der Waals surface area contributed by atoms with Gasteiger partial charge in [0, 0.05) is 25.2 Å². The Morgan fingerprint density at radius 1 is 1.21 bits per heavy atom. The smallest absolute Gasteiger partial charge is 0.374 e. The summed E-state index contributed by atoms with van der Waals surface area (Å²) in [4.78, 5) is 14.2. The van der Waals surface area contributed by atoms with Gasteiger partial charge in [0.25, 0.3) is 5.91 Å². The van der Waals surface area contributed by atoms with Crippen LogP contribution in [-0.2, 0) is 20.9 Å². The van der Waals surface area contributed by atoms with Gasteiger partial charge in [-0.05, 0) is 30.2 Å². The van der Waals surface area contributed by atoms with E-state index in [0.717, 1.165) is 24.3 Å². The summed E-state index contributed by atoms with van der Waals surface area (Å²) < 4.78 is 70.4. The van der Waals surface area contributed by atoms with Crippen molar-refractivity contribution < 1.29 is 31.1 Å². The molecule has 0 aliphatic carbocycles. The Morgan fingerprint density at radius 2 is 1.86 bits per heavy atom. The lowest BCUT2D eigenvalue weighted by atomic mass is 10.1. The highest BCUT2D eigenvalue weighted by molar-refractivity contribution is 7.89. The minimum atomic E-state index is -4.47. The van der Waals surface area contributed by atoms with Crippen LogP contribution < -0.4 is 0 Å². The van der Waals surface area contributed by atoms with Gasteiger partial charge in [0.15, 0.2) is 0 Å². The van der Waals surface area contributed by atoms with Crippen LogP contribution in [0.3, 0.4) is 0 Å². The lowest BCUT2D eigenvalue weighted by Gasteiger charge is -2.29. The molecule has 2 fully saturated rings. The van der Waals surface area contributed by atoms with E-state index in [4.69, 9.17) is 4.74 Å². The molecule has 10 heteroatoms. The summed E-state index contributed by atoms with van der Waals surface area (Å²) in [5.41, 5.74) is -0.698. The molecule has 0 bridgehead atoms. The normalized spacial score (nSPS) is 25.6. The van der Waals surface area contributed by atoms with Gasteiger partial charge < -0.3 is 9.64 Å². The fourth-order valence-corrected chi connectivity index (χ4v) is 5.27. The zero-order valence-electron chi connectivity index (χ0n) is 15.6. The Labute approximate surface area is 162 Å². The van der Waals surface area contributed by atoms with Crippen molar-refractivity contribution in [2.24, 2.45) is 5.92 Å². The molecule has 2 heterocycles. The summed E-state index contributed by atoms with van der Waals surface area (Å²) in [5.74, 6) is -0.431. The van der Waals surface area contributed by atoms with Gasteiger partial charge in [-0.25, -0.2) is 8.42 Å². The number of halogens is 3. The molecule has 2 aliphatic heterocycles. The van der Waals surface area contributed by atoms with Gasteiger partial charge in [0.05, 0.1) is 30.1 Å². The van der Waals surface area contributed by atoms with E-state index in [9.17, 15) is 26.4 Å². The number of likely N-dealkylation sites (tertiary alicyclic amines) is 1. The van der Waals surface area contributed by atoms with Gasteiger partial charge in [-0.3, -0.25) is 4.79 Å². The molecule has 0 unspecified atom stereocenters. The van der Waals surface area contributed by atoms with Crippen molar-refractivity contribution in [2.45, 2.75) is 32.2 Å². The molecule has 6 nitrogen and oxygen atoms in total. The Hall–Kier alpha value is -1.65. The minimum Gasteiger partial charge on any atom is -0.374 e. The molecule has 0 radical (unpaired) electrons. The highest BCUT2D eigenvalue weighted by Gasteiger charge is 2.45. The summed E-state index contributed by atoms with van der Waals surface area (Å²) in [6, 6.07) is 3.53. The first-order chi connectivity index (χ1) is 13.0. The summed E-state index contributed by atoms with van der Waals surface area (Å²) in [6.45, 7) is 4.56. The number of nitrogens with zero attached hydrogens (tertiary/aromatic N) is 2. The van der Waals surface area contributed by atoms with Crippen LogP contribution in [0.25, 0.3) is 0 Å². The summed E-state index contributed by atoms with van der Waals surface area (Å²) in [5, 5.41) is 0. The van der Waals surface area contributed by atoms with Crippen LogP contribution >= 0.6 is 0 Å². The fourth-order valence-electron chi connectivity index (χ4n) is 3.58. The average Bonchev–Trinajstić information content (AvgIpc) is 2.97. The number of amides is 1. The molecular weight excluding hydrogens is 397 g/mol. The fraction of sp³-hybridized carbons (Fsp3) is 0.611. The minimum absolute atomic E-state index is 0.0560. The average molecular weight is 420 g/mol. The van der Waals surface area contributed by atoms with Crippen molar-refractivity contribution in [3.63, 3.8) is 0 Å². The number of hydrogen-bond donors (Lipinski definition) is 0. The number of alkyl halides is 3. The molecule has 0 spiro atoms. The number of sulfonamides is 1. The molecule has 2 saturated heterocycles. The first-order valence-electron chi connectivity index (χ1n) is 9.06. The molecule has 1 aromatic carbocycles. The van der Waals surface area contributed by atoms with Crippen LogP contribution in [0.15, 0.2) is 24.3 Å². The molecule has 1 amide bonds. The van der Waals surface area contributed by atoms with Gasteiger partial charge in [-0.1, -0.05) is 13.8 Å². The predicted molar refractivity (Wildman–Crippen MR) is 96.2 cm³/mol. The maximum absolute atomic E-state index is 12.7. The molecule has 3 rings (SSSR count). The van der Waals surface area contributed by atoms with Crippen molar-refractivity contribution in [1.29, 1.82) is 0 Å². The Morgan fingerprint density at radius 3 is 2.43 bits per heavy atom. The van der Waals surface area contributed by atoms with Gasteiger partial charge >= 0.3 is 6.18 Å². The van der Waals surface area contributed by atoms with E-state index in [1.54, 1.807) is 0 Å². The second-order valence-electron chi connectivity index (χ2n) is 7.54. The molecule has 156 valence electrons. The maximum atomic E-state index is 12.7. The van der Waals surface area contributed by atoms with E-state index in [2.05, 4.69) is 0 Å². The first kappa shape index (κ1) is 21.1. The topological polar surface area (TPSA) is 66.9 Å². The second-order valence-corrected chi connectivity index (χ2v) is 9.58. The van der Waals surface area contributed by atoms with E-state index in [-0.39, 0.29) is 36.9 Å². The largest absolute Gasteiger partial charge is 0.416 e. The zero-order chi connectivity index (χ0) is 20.7. The van der Waals surface area contributed by atoms with Crippen molar-refractivity contribution in [2.75, 3.05) is 32.0 Å². The van der Waals surface area contributed by atoms with E-state index in [1.165, 1.54) is 9.21 Å². The van der Waals surface area contributed by atoms with Crippen molar-refractivity contribution in [1.82, 2.24) is 9.21 Å². The summed E-state index contributed by atoms with van der Waals surface area (Å²) in [6.07, 6.45) is -4.92. The molecule has 28 heavy (non-hydrogen) atoms. The van der Waals surface area contributed by atoms with Gasteiger partial charge in [0.2, 0.25) is 10.0 Å². The number of ether oxygens (including phenoxy) is 1. The molecule has 2 aliphatic rings. The van der Waals surface area contributed by atoms with E-state index >= 15 is 0 Å². The Bertz CT molecular complexity index is 824. The highest BCUT2D eigenvalue weighted by atomic mass is 32.2.